The Hall–Kier alpha value is -2.83. The second kappa shape index (κ2) is 5.51. The molecule has 1 aromatic heterocycles. The molecular formula is C15H16N4O3. The maximum atomic E-state index is 11.7. The van der Waals surface area contributed by atoms with Crippen LogP contribution in [-0.2, 0) is 4.79 Å². The summed E-state index contributed by atoms with van der Waals surface area (Å²) in [5.41, 5.74) is 2.44. The van der Waals surface area contributed by atoms with E-state index in [0.29, 0.717) is 18.8 Å². The Morgan fingerprint density at radius 3 is 2.59 bits per heavy atom. The van der Waals surface area contributed by atoms with Gasteiger partial charge in [0.25, 0.3) is 0 Å². The Morgan fingerprint density at radius 1 is 1.27 bits per heavy atom. The van der Waals surface area contributed by atoms with E-state index in [4.69, 9.17) is 5.11 Å². The number of piperazine rings is 1. The monoisotopic (exact) mass is 300 g/mol. The molecule has 1 amide bonds. The van der Waals surface area contributed by atoms with Gasteiger partial charge in [-0.1, -0.05) is 12.1 Å². The molecule has 0 saturated carbocycles. The quantitative estimate of drug-likeness (QED) is 0.884. The van der Waals surface area contributed by atoms with E-state index < -0.39 is 5.97 Å². The number of amides is 1. The number of aromatic amines is 1. The summed E-state index contributed by atoms with van der Waals surface area (Å²) < 4.78 is 0. The first-order valence-electron chi connectivity index (χ1n) is 6.92. The summed E-state index contributed by atoms with van der Waals surface area (Å²) >= 11 is 0. The van der Waals surface area contributed by atoms with Gasteiger partial charge in [0.05, 0.1) is 12.2 Å². The van der Waals surface area contributed by atoms with Gasteiger partial charge in [0, 0.05) is 31.4 Å². The molecule has 7 heteroatoms. The van der Waals surface area contributed by atoms with Gasteiger partial charge in [0.15, 0.2) is 0 Å². The SMILES string of the molecule is CN1CCN(c2ccc(-c3cc(C(=O)O)[nH]n3)cc2)CC1=O. The van der Waals surface area contributed by atoms with Crippen LogP contribution in [0.15, 0.2) is 30.3 Å². The molecule has 2 N–H and O–H groups in total. The van der Waals surface area contributed by atoms with Crippen molar-refractivity contribution in [3.05, 3.63) is 36.0 Å². The summed E-state index contributed by atoms with van der Waals surface area (Å²) in [7, 11) is 1.81. The van der Waals surface area contributed by atoms with E-state index in [-0.39, 0.29) is 11.6 Å². The van der Waals surface area contributed by atoms with Crippen LogP contribution in [0.4, 0.5) is 5.69 Å². The second-order valence-corrected chi connectivity index (χ2v) is 5.26. The third-order valence-electron chi connectivity index (χ3n) is 3.79. The van der Waals surface area contributed by atoms with Gasteiger partial charge >= 0.3 is 5.97 Å². The fourth-order valence-electron chi connectivity index (χ4n) is 2.40. The minimum atomic E-state index is -1.04. The zero-order valence-electron chi connectivity index (χ0n) is 12.1. The van der Waals surface area contributed by atoms with Gasteiger partial charge in [0.2, 0.25) is 5.91 Å². The number of carboxylic acid groups (broad SMARTS) is 1. The predicted octanol–water partition coefficient (Wildman–Crippen LogP) is 1.05. The van der Waals surface area contributed by atoms with Gasteiger partial charge in [-0.2, -0.15) is 5.10 Å². The van der Waals surface area contributed by atoms with E-state index in [1.807, 2.05) is 29.2 Å². The molecule has 0 radical (unpaired) electrons. The van der Waals surface area contributed by atoms with Crippen molar-refractivity contribution in [2.45, 2.75) is 0 Å². The largest absolute Gasteiger partial charge is 0.477 e. The number of aromatic carboxylic acids is 1. The maximum Gasteiger partial charge on any atom is 0.353 e. The summed E-state index contributed by atoms with van der Waals surface area (Å²) in [6, 6.07) is 9.09. The molecule has 22 heavy (non-hydrogen) atoms. The number of H-pyrrole nitrogens is 1. The molecule has 1 saturated heterocycles. The summed E-state index contributed by atoms with van der Waals surface area (Å²) in [6.45, 7) is 1.89. The molecule has 114 valence electrons. The standard InChI is InChI=1S/C15H16N4O3/c1-18-6-7-19(9-14(18)20)11-4-2-10(3-5-11)12-8-13(15(21)22)17-16-12/h2-5,8H,6-7,9H2,1H3,(H,16,17)(H,21,22). The summed E-state index contributed by atoms with van der Waals surface area (Å²) in [5.74, 6) is -0.931. The number of benzene rings is 1. The number of nitrogens with one attached hydrogen (secondary N) is 1. The first kappa shape index (κ1) is 14.1. The molecule has 0 bridgehead atoms. The van der Waals surface area contributed by atoms with E-state index in [0.717, 1.165) is 17.8 Å². The fourth-order valence-corrected chi connectivity index (χ4v) is 2.40. The number of nitrogens with zero attached hydrogens (tertiary/aromatic N) is 3. The first-order valence-corrected chi connectivity index (χ1v) is 6.92. The van der Waals surface area contributed by atoms with Crippen molar-refractivity contribution >= 4 is 17.6 Å². The maximum absolute atomic E-state index is 11.7. The molecule has 1 fully saturated rings. The summed E-state index contributed by atoms with van der Waals surface area (Å²) in [6.07, 6.45) is 0. The predicted molar refractivity (Wildman–Crippen MR) is 80.8 cm³/mol. The van der Waals surface area contributed by atoms with Gasteiger partial charge < -0.3 is 14.9 Å². The van der Waals surface area contributed by atoms with Crippen LogP contribution >= 0.6 is 0 Å². The molecule has 2 aromatic rings. The Bertz CT molecular complexity index is 708. The third-order valence-corrected chi connectivity index (χ3v) is 3.79. The number of likely N-dealkylation sites (N-methyl/N-ethyl adjacent to an activating group) is 1. The van der Waals surface area contributed by atoms with Crippen LogP contribution in [-0.4, -0.2) is 58.8 Å². The number of rotatable bonds is 3. The molecule has 0 unspecified atom stereocenters. The molecule has 7 nitrogen and oxygen atoms in total. The average molecular weight is 300 g/mol. The molecule has 1 aliphatic rings. The highest BCUT2D eigenvalue weighted by Crippen LogP contribution is 2.23. The summed E-state index contributed by atoms with van der Waals surface area (Å²) in [5, 5.41) is 15.4. The Labute approximate surface area is 127 Å². The van der Waals surface area contributed by atoms with Crippen LogP contribution < -0.4 is 4.90 Å². The topological polar surface area (TPSA) is 89.5 Å². The van der Waals surface area contributed by atoms with Crippen molar-refractivity contribution in [1.29, 1.82) is 0 Å². The molecule has 2 heterocycles. The van der Waals surface area contributed by atoms with E-state index in [9.17, 15) is 9.59 Å². The van der Waals surface area contributed by atoms with E-state index in [2.05, 4.69) is 10.2 Å². The van der Waals surface area contributed by atoms with E-state index in [1.54, 1.807) is 11.9 Å². The van der Waals surface area contributed by atoms with E-state index >= 15 is 0 Å². The van der Waals surface area contributed by atoms with Crippen LogP contribution in [0.25, 0.3) is 11.3 Å². The Kier molecular flexibility index (Phi) is 3.54. The lowest BCUT2D eigenvalue weighted by Gasteiger charge is -2.33. The Morgan fingerprint density at radius 2 is 2.00 bits per heavy atom. The minimum Gasteiger partial charge on any atom is -0.477 e. The fraction of sp³-hybridized carbons (Fsp3) is 0.267. The molecule has 1 aromatic carbocycles. The molecular weight excluding hydrogens is 284 g/mol. The van der Waals surface area contributed by atoms with Crippen molar-refractivity contribution in [3.63, 3.8) is 0 Å². The number of hydrogen-bond acceptors (Lipinski definition) is 4. The van der Waals surface area contributed by atoms with E-state index in [1.165, 1.54) is 6.07 Å². The van der Waals surface area contributed by atoms with Crippen molar-refractivity contribution in [2.75, 3.05) is 31.6 Å². The van der Waals surface area contributed by atoms with Gasteiger partial charge in [0.1, 0.15) is 5.69 Å². The van der Waals surface area contributed by atoms with Crippen molar-refractivity contribution in [2.24, 2.45) is 0 Å². The van der Waals surface area contributed by atoms with Crippen molar-refractivity contribution in [1.82, 2.24) is 15.1 Å². The highest BCUT2D eigenvalue weighted by atomic mass is 16.4. The molecule has 0 aliphatic carbocycles. The number of carboxylic acids is 1. The third kappa shape index (κ3) is 2.65. The number of carbonyl (C=O) groups is 2. The molecule has 0 atom stereocenters. The number of anilines is 1. The van der Waals surface area contributed by atoms with Crippen LogP contribution in [0.2, 0.25) is 0 Å². The lowest BCUT2D eigenvalue weighted by molar-refractivity contribution is -0.129. The highest BCUT2D eigenvalue weighted by Gasteiger charge is 2.21. The summed E-state index contributed by atoms with van der Waals surface area (Å²) in [4.78, 5) is 26.3. The molecule has 3 rings (SSSR count). The van der Waals surface area contributed by atoms with Crippen molar-refractivity contribution < 1.29 is 14.7 Å². The van der Waals surface area contributed by atoms with Gasteiger partial charge in [-0.15, -0.1) is 0 Å². The Balaban J connectivity index is 1.77. The average Bonchev–Trinajstić information content (AvgIpc) is 3.00. The minimum absolute atomic E-state index is 0.0590. The van der Waals surface area contributed by atoms with Crippen LogP contribution in [0.5, 0.6) is 0 Å². The van der Waals surface area contributed by atoms with Crippen LogP contribution in [0, 0.1) is 0 Å². The number of aromatic nitrogens is 2. The van der Waals surface area contributed by atoms with Gasteiger partial charge in [-0.25, -0.2) is 4.79 Å². The molecule has 0 spiro atoms. The highest BCUT2D eigenvalue weighted by molar-refractivity contribution is 5.87. The number of hydrogen-bond donors (Lipinski definition) is 2. The van der Waals surface area contributed by atoms with Crippen LogP contribution in [0.3, 0.4) is 0 Å². The van der Waals surface area contributed by atoms with Crippen LogP contribution in [0.1, 0.15) is 10.5 Å². The first-order chi connectivity index (χ1) is 10.5. The van der Waals surface area contributed by atoms with Gasteiger partial charge in [-0.3, -0.25) is 9.89 Å². The molecule has 1 aliphatic heterocycles. The lowest BCUT2D eigenvalue weighted by Crippen LogP contribution is -2.48. The van der Waals surface area contributed by atoms with Gasteiger partial charge in [-0.05, 0) is 18.2 Å². The zero-order valence-corrected chi connectivity index (χ0v) is 12.1. The normalized spacial score (nSPS) is 15.2. The van der Waals surface area contributed by atoms with Crippen molar-refractivity contribution in [3.8, 4) is 11.3 Å². The second-order valence-electron chi connectivity index (χ2n) is 5.26. The zero-order chi connectivity index (χ0) is 15.7. The smallest absolute Gasteiger partial charge is 0.353 e. The number of carbonyl (C=O) groups excluding carboxylic acids is 1. The lowest BCUT2D eigenvalue weighted by atomic mass is 10.1.